The van der Waals surface area contributed by atoms with Gasteiger partial charge in [0, 0.05) is 105 Å². The number of pyridine rings is 1. The first kappa shape index (κ1) is 61.1. The Morgan fingerprint density at radius 3 is 2.30 bits per heavy atom. The Bertz CT molecular complexity index is 3340. The van der Waals surface area contributed by atoms with Gasteiger partial charge in [0.2, 0.25) is 11.8 Å². The molecule has 0 bridgehead atoms. The average molecular weight is 1170 g/mol. The van der Waals surface area contributed by atoms with Gasteiger partial charge in [-0.25, -0.2) is 4.98 Å². The summed E-state index contributed by atoms with van der Waals surface area (Å²) in [6.45, 7) is 18.5. The molecule has 0 saturated carbocycles. The first-order valence-electron chi connectivity index (χ1n) is 29.3. The molecule has 4 N–H and O–H groups in total. The number of carbonyl (C=O) groups excluding carboxylic acids is 4. The second kappa shape index (κ2) is 28.4. The molecule has 0 radical (unpaired) electrons. The lowest BCUT2D eigenvalue weighted by molar-refractivity contribution is -0.143. The Kier molecular flexibility index (Phi) is 20.7. The molecule has 3 aliphatic rings. The minimum atomic E-state index is -0.922. The Morgan fingerprint density at radius 2 is 1.58 bits per heavy atom. The number of β-amino-alcohol motifs (C(OH)–C–C–N with tert-alkyl or cyclic N) is 1. The highest BCUT2D eigenvalue weighted by atomic mass is 32.1. The number of hydrogen-bond donors (Lipinski definition) is 4. The van der Waals surface area contributed by atoms with Crippen LogP contribution in [0.15, 0.2) is 95.2 Å². The first-order valence-corrected chi connectivity index (χ1v) is 30.1. The first-order chi connectivity index (χ1) is 40.6. The van der Waals surface area contributed by atoms with Crippen LogP contribution in [0.2, 0.25) is 0 Å². The van der Waals surface area contributed by atoms with E-state index in [1.165, 1.54) is 16.2 Å². The van der Waals surface area contributed by atoms with E-state index in [9.17, 15) is 29.1 Å². The molecule has 3 atom stereocenters. The van der Waals surface area contributed by atoms with Crippen LogP contribution in [-0.2, 0) is 43.4 Å². The standard InChI is InChI=1S/C65H79N7O11S/c1-8-70(50-20-24-80-25-21-50)56-32-49(31-54(43(56)6)61(74)67-36-55-41(4)30-42(5)69-62(55)75)45-16-18-52(19-17-45)82-23-11-22-79-26-27-81-28-29-83-58-33-46(60-44(7)68-39-84-60)14-15-47(58)35-66-63(76)57-34-51(73)38-71(57)65(78)59(40(2)3)72-37-48-12-9-10-13-53(48)64(72)77/h9-10,12-19,30-33,39-40,50-51,57,59,73H,8,11,20-29,34-38H2,1-7H3,(H,66,76)(H,67,74)(H,69,75)/t51-,57+,59+/m1/s1. The molecular formula is C65H79N7O11S. The van der Waals surface area contributed by atoms with Crippen molar-refractivity contribution >= 4 is 40.7 Å². The fourth-order valence-corrected chi connectivity index (χ4v) is 12.4. The molecule has 2 aromatic heterocycles. The molecule has 4 aromatic carbocycles. The van der Waals surface area contributed by atoms with Gasteiger partial charge < -0.3 is 59.1 Å². The summed E-state index contributed by atoms with van der Waals surface area (Å²) in [5, 5.41) is 16.8. The number of ether oxygens (including phenoxy) is 5. The van der Waals surface area contributed by atoms with Crippen molar-refractivity contribution in [2.75, 3.05) is 70.8 Å². The van der Waals surface area contributed by atoms with E-state index in [-0.39, 0.29) is 74.5 Å². The van der Waals surface area contributed by atoms with Crippen molar-refractivity contribution in [3.63, 3.8) is 0 Å². The summed E-state index contributed by atoms with van der Waals surface area (Å²) >= 11 is 1.53. The van der Waals surface area contributed by atoms with Crippen LogP contribution in [-0.4, -0.2) is 139 Å². The van der Waals surface area contributed by atoms with Crippen molar-refractivity contribution in [3.8, 4) is 33.1 Å². The van der Waals surface area contributed by atoms with E-state index < -0.39 is 24.1 Å². The van der Waals surface area contributed by atoms with Gasteiger partial charge in [-0.15, -0.1) is 11.3 Å². The zero-order chi connectivity index (χ0) is 59.4. The highest BCUT2D eigenvalue weighted by Gasteiger charge is 2.46. The van der Waals surface area contributed by atoms with Crippen molar-refractivity contribution in [3.05, 3.63) is 151 Å². The quantitative estimate of drug-likeness (QED) is 0.0376. The summed E-state index contributed by atoms with van der Waals surface area (Å²) in [7, 11) is 0. The number of hydrogen-bond acceptors (Lipinski definition) is 14. The van der Waals surface area contributed by atoms with Crippen molar-refractivity contribution in [1.29, 1.82) is 0 Å². The average Bonchev–Trinajstić information content (AvgIpc) is 4.02. The van der Waals surface area contributed by atoms with Crippen LogP contribution in [0.4, 0.5) is 5.69 Å². The number of rotatable bonds is 26. The number of aliphatic hydroxyl groups is 1. The lowest BCUT2D eigenvalue weighted by Crippen LogP contribution is -2.55. The number of fused-ring (bicyclic) bond motifs is 1. The van der Waals surface area contributed by atoms with Crippen LogP contribution >= 0.6 is 11.3 Å². The van der Waals surface area contributed by atoms with E-state index in [0.29, 0.717) is 80.8 Å². The van der Waals surface area contributed by atoms with Crippen LogP contribution in [0.3, 0.4) is 0 Å². The number of H-pyrrole nitrogens is 1. The molecule has 6 aromatic rings. The Morgan fingerprint density at radius 1 is 0.845 bits per heavy atom. The maximum atomic E-state index is 14.3. The Hall–Kier alpha value is -7.42. The topological polar surface area (TPSA) is 214 Å². The number of nitrogens with zero attached hydrogens (tertiary/aromatic N) is 4. The predicted molar refractivity (Wildman–Crippen MR) is 324 cm³/mol. The highest BCUT2D eigenvalue weighted by molar-refractivity contribution is 7.13. The van der Waals surface area contributed by atoms with E-state index in [2.05, 4.69) is 38.5 Å². The van der Waals surface area contributed by atoms with Gasteiger partial charge >= 0.3 is 0 Å². The van der Waals surface area contributed by atoms with Crippen LogP contribution < -0.4 is 30.6 Å². The number of thiazole rings is 1. The SMILES string of the molecule is CCN(c1cc(-c2ccc(OCCCOCCOCCOc3cc(-c4scnc4C)ccc3CNC(=O)[C@@H]3C[C@@H](O)CN3C(=O)[C@H](C(C)C)N3Cc4ccccc4C3=O)cc2)cc(C(=O)NCc2c(C)cc(C)[nH]c2=O)c1C)C1CCOCC1. The smallest absolute Gasteiger partial charge is 0.255 e. The summed E-state index contributed by atoms with van der Waals surface area (Å²) < 4.78 is 29.9. The molecule has 19 heteroatoms. The van der Waals surface area contributed by atoms with Gasteiger partial charge in [-0.05, 0) is 129 Å². The van der Waals surface area contributed by atoms with Crippen molar-refractivity contribution in [1.82, 2.24) is 30.4 Å². The van der Waals surface area contributed by atoms with Gasteiger partial charge in [0.05, 0.1) is 48.6 Å². The summed E-state index contributed by atoms with van der Waals surface area (Å²) in [4.78, 5) is 82.3. The molecule has 84 heavy (non-hydrogen) atoms. The lowest BCUT2D eigenvalue weighted by atomic mass is 9.95. The number of carbonyl (C=O) groups is 4. The summed E-state index contributed by atoms with van der Waals surface area (Å²) in [6.07, 6.45) is 1.65. The third kappa shape index (κ3) is 14.6. The number of anilines is 1. The molecule has 18 nitrogen and oxygen atoms in total. The number of aromatic nitrogens is 2. The number of benzene rings is 4. The Labute approximate surface area is 495 Å². The van der Waals surface area contributed by atoms with Crippen molar-refractivity contribution < 1.29 is 48.0 Å². The molecule has 9 rings (SSSR count). The normalized spacial score (nSPS) is 16.5. The van der Waals surface area contributed by atoms with E-state index in [1.54, 1.807) is 16.5 Å². The number of aromatic amines is 1. The molecule has 0 aliphatic carbocycles. The predicted octanol–water partition coefficient (Wildman–Crippen LogP) is 8.47. The molecule has 2 fully saturated rings. The van der Waals surface area contributed by atoms with Crippen molar-refractivity contribution in [2.45, 2.75) is 118 Å². The van der Waals surface area contributed by atoms with E-state index in [4.69, 9.17) is 23.7 Å². The Balaban J connectivity index is 0.738. The maximum Gasteiger partial charge on any atom is 0.255 e. The van der Waals surface area contributed by atoms with E-state index in [0.717, 1.165) is 80.3 Å². The van der Waals surface area contributed by atoms with Gasteiger partial charge in [-0.1, -0.05) is 56.3 Å². The molecule has 0 unspecified atom stereocenters. The molecule has 4 amide bonds. The van der Waals surface area contributed by atoms with Crippen molar-refractivity contribution in [2.24, 2.45) is 5.92 Å². The fourth-order valence-electron chi connectivity index (χ4n) is 11.6. The molecule has 3 aliphatic heterocycles. The molecule has 0 spiro atoms. The van der Waals surface area contributed by atoms with Crippen LogP contribution in [0.25, 0.3) is 21.6 Å². The molecular weight excluding hydrogens is 1090 g/mol. The zero-order valence-electron chi connectivity index (χ0n) is 49.3. The largest absolute Gasteiger partial charge is 0.494 e. The molecule has 5 heterocycles. The zero-order valence-corrected chi connectivity index (χ0v) is 50.1. The third-order valence-electron chi connectivity index (χ3n) is 16.0. The minimum absolute atomic E-state index is 0.00875. The fraction of sp³-hybridized carbons (Fsp3) is 0.446. The van der Waals surface area contributed by atoms with Gasteiger partial charge in [-0.2, -0.15) is 0 Å². The lowest BCUT2D eigenvalue weighted by Gasteiger charge is -2.37. The third-order valence-corrected chi connectivity index (χ3v) is 17.0. The number of likely N-dealkylation sites (tertiary alicyclic amines) is 1. The van der Waals surface area contributed by atoms with Crippen LogP contribution in [0.1, 0.15) is 106 Å². The van der Waals surface area contributed by atoms with Gasteiger partial charge in [0.1, 0.15) is 30.2 Å². The summed E-state index contributed by atoms with van der Waals surface area (Å²) in [5.74, 6) is -0.182. The number of nitrogens with one attached hydrogen (secondary N) is 3. The second-order valence-corrected chi connectivity index (χ2v) is 23.1. The van der Waals surface area contributed by atoms with Gasteiger partial charge in [0.15, 0.2) is 0 Å². The molecule has 2 saturated heterocycles. The van der Waals surface area contributed by atoms with Gasteiger partial charge in [0.25, 0.3) is 17.4 Å². The number of aliphatic hydroxyl groups excluding tert-OH is 1. The number of amides is 4. The minimum Gasteiger partial charge on any atom is -0.494 e. The maximum absolute atomic E-state index is 14.3. The summed E-state index contributed by atoms with van der Waals surface area (Å²) in [5.41, 5.74) is 12.0. The monoisotopic (exact) mass is 1170 g/mol. The molecule has 446 valence electrons. The van der Waals surface area contributed by atoms with E-state index in [1.807, 2.05) is 114 Å². The van der Waals surface area contributed by atoms with Crippen LogP contribution in [0.5, 0.6) is 11.5 Å². The number of aryl methyl sites for hydroxylation is 3. The summed E-state index contributed by atoms with van der Waals surface area (Å²) in [6, 6.07) is 25.6. The van der Waals surface area contributed by atoms with E-state index >= 15 is 0 Å². The van der Waals surface area contributed by atoms with Crippen LogP contribution in [0, 0.1) is 33.6 Å². The highest BCUT2D eigenvalue weighted by Crippen LogP contribution is 2.36. The van der Waals surface area contributed by atoms with Gasteiger partial charge in [-0.3, -0.25) is 24.0 Å². The second-order valence-electron chi connectivity index (χ2n) is 22.2.